The van der Waals surface area contributed by atoms with Gasteiger partial charge in [0.1, 0.15) is 0 Å². The number of ether oxygens (including phenoxy) is 6. The topological polar surface area (TPSA) is 95.8 Å². The molecule has 0 atom stereocenters. The van der Waals surface area contributed by atoms with Gasteiger partial charge in [-0.3, -0.25) is 0 Å². The second kappa shape index (κ2) is 28.7. The summed E-state index contributed by atoms with van der Waals surface area (Å²) in [7, 11) is 3.36. The van der Waals surface area contributed by atoms with Crippen LogP contribution in [0.3, 0.4) is 0 Å². The van der Waals surface area contributed by atoms with Gasteiger partial charge in [-0.15, -0.1) is 0 Å². The number of rotatable bonds is 25. The molecule has 198 valence electrons. The summed E-state index contributed by atoms with van der Waals surface area (Å²) in [6.07, 6.45) is 6.13. The van der Waals surface area contributed by atoms with Crippen molar-refractivity contribution in [2.24, 2.45) is 5.41 Å². The number of hydrogen-bond acceptors (Lipinski definition) is 8. The van der Waals surface area contributed by atoms with Gasteiger partial charge in [0, 0.05) is 67.1 Å². The van der Waals surface area contributed by atoms with Crippen LogP contribution < -0.4 is 0 Å². The first-order chi connectivity index (χ1) is 14.7. The SMILES string of the molecule is C.C.COCCCOCC(COCCCO)(COCCCCCCO)COCCCOC. The van der Waals surface area contributed by atoms with Crippen molar-refractivity contribution in [2.45, 2.75) is 59.8 Å². The van der Waals surface area contributed by atoms with Crippen LogP contribution >= 0.6 is 0 Å². The normalized spacial score (nSPS) is 11.2. The van der Waals surface area contributed by atoms with Crippen LogP contribution in [0.1, 0.15) is 59.8 Å². The van der Waals surface area contributed by atoms with Crippen molar-refractivity contribution in [1.82, 2.24) is 0 Å². The fourth-order valence-electron chi connectivity index (χ4n) is 2.85. The molecule has 0 amide bonds. The Balaban J connectivity index is -0.00000420. The molecule has 0 radical (unpaired) electrons. The molecule has 0 saturated heterocycles. The summed E-state index contributed by atoms with van der Waals surface area (Å²) < 4.78 is 33.8. The number of unbranched alkanes of at least 4 members (excludes halogenated alkanes) is 3. The summed E-state index contributed by atoms with van der Waals surface area (Å²) in [4.78, 5) is 0. The molecule has 0 bridgehead atoms. The van der Waals surface area contributed by atoms with E-state index < -0.39 is 5.41 Å². The van der Waals surface area contributed by atoms with E-state index in [1.165, 1.54) is 0 Å². The van der Waals surface area contributed by atoms with Gasteiger partial charge in [0.05, 0.1) is 31.8 Å². The maximum Gasteiger partial charge on any atom is 0.0637 e. The third-order valence-electron chi connectivity index (χ3n) is 4.55. The molecule has 0 heterocycles. The van der Waals surface area contributed by atoms with Crippen molar-refractivity contribution >= 4 is 0 Å². The highest BCUT2D eigenvalue weighted by molar-refractivity contribution is 4.79. The lowest BCUT2D eigenvalue weighted by Crippen LogP contribution is -2.42. The van der Waals surface area contributed by atoms with Crippen LogP contribution in [0.4, 0.5) is 0 Å². The van der Waals surface area contributed by atoms with Gasteiger partial charge >= 0.3 is 0 Å². The summed E-state index contributed by atoms with van der Waals surface area (Å²) in [6, 6.07) is 0. The Morgan fingerprint density at radius 3 is 1.25 bits per heavy atom. The zero-order valence-electron chi connectivity index (χ0n) is 19.3. The fourth-order valence-corrected chi connectivity index (χ4v) is 2.85. The summed E-state index contributed by atoms with van der Waals surface area (Å²) >= 11 is 0. The Bertz CT molecular complexity index is 317. The average Bonchev–Trinajstić information content (AvgIpc) is 2.76. The highest BCUT2D eigenvalue weighted by atomic mass is 16.5. The quantitative estimate of drug-likeness (QED) is 0.196. The monoisotopic (exact) mass is 470 g/mol. The molecule has 0 rings (SSSR count). The van der Waals surface area contributed by atoms with E-state index >= 15 is 0 Å². The molecule has 0 aromatic heterocycles. The van der Waals surface area contributed by atoms with Gasteiger partial charge in [-0.25, -0.2) is 0 Å². The van der Waals surface area contributed by atoms with Gasteiger partial charge < -0.3 is 38.6 Å². The first-order valence-corrected chi connectivity index (χ1v) is 11.2. The van der Waals surface area contributed by atoms with E-state index in [1.54, 1.807) is 14.2 Å². The number of aliphatic hydroxyl groups is 2. The Labute approximate surface area is 197 Å². The van der Waals surface area contributed by atoms with E-state index in [0.29, 0.717) is 72.5 Å². The van der Waals surface area contributed by atoms with Crippen molar-refractivity contribution in [2.75, 3.05) is 93.5 Å². The van der Waals surface area contributed by atoms with Crippen molar-refractivity contribution in [3.63, 3.8) is 0 Å². The maximum atomic E-state index is 9.01. The van der Waals surface area contributed by atoms with Gasteiger partial charge in [0.15, 0.2) is 0 Å². The Hall–Kier alpha value is -0.320. The van der Waals surface area contributed by atoms with Crippen LogP contribution in [0.2, 0.25) is 0 Å². The maximum absolute atomic E-state index is 9.01. The molecular formula is C24H54O8. The third-order valence-corrected chi connectivity index (χ3v) is 4.55. The predicted molar refractivity (Wildman–Crippen MR) is 129 cm³/mol. The van der Waals surface area contributed by atoms with E-state index in [-0.39, 0.29) is 28.1 Å². The van der Waals surface area contributed by atoms with Crippen LogP contribution in [0.15, 0.2) is 0 Å². The fraction of sp³-hybridized carbons (Fsp3) is 1.00. The second-order valence-corrected chi connectivity index (χ2v) is 7.62. The standard InChI is InChI=1S/C22H46O8.2CH4/c1-25-12-8-16-29-20-22(19-28-15-7-11-24,21-30-17-9-13-26-2)18-27-14-6-4-3-5-10-23;;/h23-24H,3-21H2,1-2H3;2*1H4. The summed E-state index contributed by atoms with van der Waals surface area (Å²) in [5.41, 5.74) is -0.402. The van der Waals surface area contributed by atoms with Gasteiger partial charge in [0.25, 0.3) is 0 Å². The van der Waals surface area contributed by atoms with Crippen LogP contribution in [0, 0.1) is 5.41 Å². The largest absolute Gasteiger partial charge is 0.396 e. The lowest BCUT2D eigenvalue weighted by atomic mass is 9.92. The highest BCUT2D eigenvalue weighted by Gasteiger charge is 2.32. The highest BCUT2D eigenvalue weighted by Crippen LogP contribution is 2.21. The smallest absolute Gasteiger partial charge is 0.0637 e. The minimum absolute atomic E-state index is 0. The van der Waals surface area contributed by atoms with Crippen LogP contribution in [-0.2, 0) is 28.4 Å². The molecule has 8 heteroatoms. The van der Waals surface area contributed by atoms with Crippen molar-refractivity contribution < 1.29 is 38.6 Å². The molecule has 0 aromatic carbocycles. The zero-order chi connectivity index (χ0) is 22.2. The molecule has 8 nitrogen and oxygen atoms in total. The van der Waals surface area contributed by atoms with E-state index in [0.717, 1.165) is 38.5 Å². The second-order valence-electron chi connectivity index (χ2n) is 7.62. The molecule has 0 spiro atoms. The number of methoxy groups -OCH3 is 2. The van der Waals surface area contributed by atoms with E-state index in [2.05, 4.69) is 0 Å². The van der Waals surface area contributed by atoms with Crippen molar-refractivity contribution in [1.29, 1.82) is 0 Å². The molecule has 0 aliphatic rings. The molecule has 0 saturated carbocycles. The van der Waals surface area contributed by atoms with E-state index in [1.807, 2.05) is 0 Å². The third kappa shape index (κ3) is 22.9. The molecule has 32 heavy (non-hydrogen) atoms. The Morgan fingerprint density at radius 1 is 0.469 bits per heavy atom. The summed E-state index contributed by atoms with van der Waals surface area (Å²) in [6.45, 7) is 5.95. The Kier molecular flexibility index (Phi) is 32.5. The molecular weight excluding hydrogens is 416 g/mol. The first-order valence-electron chi connectivity index (χ1n) is 11.2. The number of aliphatic hydroxyl groups excluding tert-OH is 2. The molecule has 0 unspecified atom stereocenters. The molecule has 0 aromatic rings. The van der Waals surface area contributed by atoms with Crippen molar-refractivity contribution in [3.05, 3.63) is 0 Å². The van der Waals surface area contributed by atoms with Gasteiger partial charge in [-0.1, -0.05) is 27.7 Å². The first kappa shape index (κ1) is 36.3. The van der Waals surface area contributed by atoms with Gasteiger partial charge in [-0.2, -0.15) is 0 Å². The predicted octanol–water partition coefficient (Wildman–Crippen LogP) is 3.32. The summed E-state index contributed by atoms with van der Waals surface area (Å²) in [5.74, 6) is 0. The summed E-state index contributed by atoms with van der Waals surface area (Å²) in [5, 5.41) is 17.9. The van der Waals surface area contributed by atoms with E-state index in [4.69, 9.17) is 38.6 Å². The minimum atomic E-state index is -0.402. The molecule has 0 aliphatic heterocycles. The molecule has 2 N–H and O–H groups in total. The zero-order valence-corrected chi connectivity index (χ0v) is 19.3. The van der Waals surface area contributed by atoms with Crippen molar-refractivity contribution in [3.8, 4) is 0 Å². The molecule has 0 fully saturated rings. The minimum Gasteiger partial charge on any atom is -0.396 e. The molecule has 0 aliphatic carbocycles. The average molecular weight is 471 g/mol. The number of hydrogen-bond donors (Lipinski definition) is 2. The van der Waals surface area contributed by atoms with Crippen LogP contribution in [-0.4, -0.2) is 104 Å². The van der Waals surface area contributed by atoms with E-state index in [9.17, 15) is 0 Å². The van der Waals surface area contributed by atoms with Gasteiger partial charge in [0.2, 0.25) is 0 Å². The lowest BCUT2D eigenvalue weighted by molar-refractivity contribution is -0.109. The Morgan fingerprint density at radius 2 is 0.844 bits per heavy atom. The van der Waals surface area contributed by atoms with Gasteiger partial charge in [-0.05, 0) is 32.1 Å². The lowest BCUT2D eigenvalue weighted by Gasteiger charge is -2.33. The van der Waals surface area contributed by atoms with Crippen LogP contribution in [0.25, 0.3) is 0 Å². The van der Waals surface area contributed by atoms with Crippen LogP contribution in [0.5, 0.6) is 0 Å².